The van der Waals surface area contributed by atoms with Crippen LogP contribution in [0.4, 0.5) is 4.39 Å². The van der Waals surface area contributed by atoms with E-state index in [1.54, 1.807) is 20.0 Å². The Morgan fingerprint density at radius 2 is 2.06 bits per heavy atom. The number of nitrogens with zero attached hydrogens (tertiary/aromatic N) is 1. The Bertz CT molecular complexity index is 441. The van der Waals surface area contributed by atoms with Crippen molar-refractivity contribution in [3.63, 3.8) is 0 Å². The Morgan fingerprint density at radius 3 is 2.50 bits per heavy atom. The van der Waals surface area contributed by atoms with Crippen molar-refractivity contribution < 1.29 is 4.39 Å². The molecule has 0 aromatic carbocycles. The highest BCUT2D eigenvalue weighted by Gasteiger charge is 2.09. The topological polar surface area (TPSA) is 12.9 Å². The highest BCUT2D eigenvalue weighted by molar-refractivity contribution is 5.77. The van der Waals surface area contributed by atoms with Crippen molar-refractivity contribution in [2.45, 2.75) is 20.8 Å². The predicted molar refractivity (Wildman–Crippen MR) is 66.5 cm³/mol. The van der Waals surface area contributed by atoms with E-state index < -0.39 is 0 Å². The Kier molecular flexibility index (Phi) is 4.18. The molecule has 0 spiro atoms. The molecule has 1 aromatic heterocycles. The van der Waals surface area contributed by atoms with Gasteiger partial charge in [-0.2, -0.15) is 0 Å². The summed E-state index contributed by atoms with van der Waals surface area (Å²) in [6, 6.07) is 5.59. The van der Waals surface area contributed by atoms with Gasteiger partial charge in [0.05, 0.1) is 5.69 Å². The molecule has 1 heterocycles. The average Bonchev–Trinajstić information content (AvgIpc) is 2.30. The lowest BCUT2D eigenvalue weighted by molar-refractivity contribution is 0.644. The van der Waals surface area contributed by atoms with Crippen molar-refractivity contribution in [2.75, 3.05) is 0 Å². The fourth-order valence-corrected chi connectivity index (χ4v) is 1.52. The summed E-state index contributed by atoms with van der Waals surface area (Å²) in [5.74, 6) is -0.265. The highest BCUT2D eigenvalue weighted by Crippen LogP contribution is 2.26. The molecule has 1 nitrogen and oxygen atoms in total. The van der Waals surface area contributed by atoms with Crippen LogP contribution < -0.4 is 0 Å². The summed E-state index contributed by atoms with van der Waals surface area (Å²) in [6.45, 7) is 8.88. The smallest absolute Gasteiger partial charge is 0.129 e. The maximum atomic E-state index is 13.8. The molecule has 0 saturated carbocycles. The van der Waals surface area contributed by atoms with Crippen LogP contribution in [0.15, 0.2) is 54.0 Å². The molecule has 0 unspecified atom stereocenters. The number of hydrogen-bond acceptors (Lipinski definition) is 1. The van der Waals surface area contributed by atoms with Crippen LogP contribution in [0, 0.1) is 0 Å². The van der Waals surface area contributed by atoms with Crippen molar-refractivity contribution >= 4 is 5.57 Å². The second kappa shape index (κ2) is 5.40. The molecule has 0 radical (unpaired) electrons. The fraction of sp³-hybridized carbons (Fsp3) is 0.214. The van der Waals surface area contributed by atoms with Gasteiger partial charge in [-0.15, -0.1) is 0 Å². The molecule has 1 aromatic rings. The largest absolute Gasteiger partial charge is 0.256 e. The summed E-state index contributed by atoms with van der Waals surface area (Å²) in [5, 5.41) is 0. The Morgan fingerprint density at radius 1 is 1.38 bits per heavy atom. The van der Waals surface area contributed by atoms with E-state index in [1.165, 1.54) is 0 Å². The lowest BCUT2D eigenvalue weighted by atomic mass is 10.0. The first-order chi connectivity index (χ1) is 7.57. The molecule has 0 aliphatic carbocycles. The van der Waals surface area contributed by atoms with Crippen LogP contribution in [-0.4, -0.2) is 4.98 Å². The first-order valence-corrected chi connectivity index (χ1v) is 5.18. The molecule has 0 amide bonds. The minimum atomic E-state index is -0.265. The molecule has 0 saturated heterocycles. The van der Waals surface area contributed by atoms with Gasteiger partial charge in [-0.05, 0) is 44.1 Å². The van der Waals surface area contributed by atoms with Crippen LogP contribution in [0.5, 0.6) is 0 Å². The van der Waals surface area contributed by atoms with E-state index in [0.29, 0.717) is 11.1 Å². The first-order valence-electron chi connectivity index (χ1n) is 5.18. The average molecular weight is 217 g/mol. The molecule has 0 fully saturated rings. The van der Waals surface area contributed by atoms with E-state index in [-0.39, 0.29) is 5.83 Å². The zero-order valence-electron chi connectivity index (χ0n) is 9.92. The van der Waals surface area contributed by atoms with E-state index in [0.717, 1.165) is 11.3 Å². The number of rotatable bonds is 3. The second-order valence-corrected chi connectivity index (χ2v) is 3.64. The summed E-state index contributed by atoms with van der Waals surface area (Å²) in [5.41, 5.74) is 2.60. The molecule has 84 valence electrons. The maximum absolute atomic E-state index is 13.8. The van der Waals surface area contributed by atoms with Crippen LogP contribution in [0.25, 0.3) is 5.57 Å². The van der Waals surface area contributed by atoms with E-state index >= 15 is 0 Å². The Balaban J connectivity index is 3.22. The third kappa shape index (κ3) is 2.66. The van der Waals surface area contributed by atoms with Gasteiger partial charge in [-0.25, -0.2) is 4.39 Å². The fourth-order valence-electron chi connectivity index (χ4n) is 1.52. The molecular formula is C14H16FN. The number of halogens is 1. The SMILES string of the molecule is C=C(C)C(F)=C(C)C(=CC)c1ccccn1. The molecule has 0 atom stereocenters. The zero-order chi connectivity index (χ0) is 12.1. The number of pyridine rings is 1. The quantitative estimate of drug-likeness (QED) is 0.688. The van der Waals surface area contributed by atoms with Gasteiger partial charge in [0.15, 0.2) is 0 Å². The van der Waals surface area contributed by atoms with Gasteiger partial charge in [-0.1, -0.05) is 18.7 Å². The van der Waals surface area contributed by atoms with Crippen molar-refractivity contribution in [2.24, 2.45) is 0 Å². The Hall–Kier alpha value is -1.70. The monoisotopic (exact) mass is 217 g/mol. The van der Waals surface area contributed by atoms with Gasteiger partial charge in [0.2, 0.25) is 0 Å². The van der Waals surface area contributed by atoms with E-state index in [1.807, 2.05) is 31.2 Å². The van der Waals surface area contributed by atoms with Crippen LogP contribution in [0.3, 0.4) is 0 Å². The van der Waals surface area contributed by atoms with Crippen molar-refractivity contribution in [3.8, 4) is 0 Å². The number of aromatic nitrogens is 1. The molecule has 2 heteroatoms. The minimum Gasteiger partial charge on any atom is -0.256 e. The zero-order valence-corrected chi connectivity index (χ0v) is 9.92. The van der Waals surface area contributed by atoms with Gasteiger partial charge in [0.1, 0.15) is 5.83 Å². The summed E-state index contributed by atoms with van der Waals surface area (Å²) in [6.07, 6.45) is 3.56. The van der Waals surface area contributed by atoms with Gasteiger partial charge < -0.3 is 0 Å². The van der Waals surface area contributed by atoms with Crippen LogP contribution in [0.2, 0.25) is 0 Å². The normalized spacial score (nSPS) is 13.4. The molecular weight excluding hydrogens is 201 g/mol. The molecule has 16 heavy (non-hydrogen) atoms. The van der Waals surface area contributed by atoms with Gasteiger partial charge in [-0.3, -0.25) is 4.98 Å². The Labute approximate surface area is 96.0 Å². The van der Waals surface area contributed by atoms with Gasteiger partial charge in [0, 0.05) is 11.8 Å². The lowest BCUT2D eigenvalue weighted by Crippen LogP contribution is -1.93. The molecule has 0 N–H and O–H groups in total. The maximum Gasteiger partial charge on any atom is 0.129 e. The molecule has 0 aliphatic rings. The minimum absolute atomic E-state index is 0.265. The lowest BCUT2D eigenvalue weighted by Gasteiger charge is -2.08. The van der Waals surface area contributed by atoms with Crippen molar-refractivity contribution in [1.29, 1.82) is 0 Å². The molecule has 1 rings (SSSR count). The first kappa shape index (κ1) is 12.4. The standard InChI is InChI=1S/C14H16FN/c1-5-12(11(4)14(15)10(2)3)13-8-6-7-9-16-13/h5-9H,2H2,1,3-4H3. The van der Waals surface area contributed by atoms with Crippen molar-refractivity contribution in [1.82, 2.24) is 4.98 Å². The van der Waals surface area contributed by atoms with E-state index in [9.17, 15) is 4.39 Å². The summed E-state index contributed by atoms with van der Waals surface area (Å²) < 4.78 is 13.8. The summed E-state index contributed by atoms with van der Waals surface area (Å²) in [7, 11) is 0. The summed E-state index contributed by atoms with van der Waals surface area (Å²) >= 11 is 0. The van der Waals surface area contributed by atoms with Crippen molar-refractivity contribution in [3.05, 3.63) is 59.7 Å². The number of hydrogen-bond donors (Lipinski definition) is 0. The molecule has 0 bridgehead atoms. The summed E-state index contributed by atoms with van der Waals surface area (Å²) in [4.78, 5) is 4.21. The van der Waals surface area contributed by atoms with Crippen LogP contribution >= 0.6 is 0 Å². The van der Waals surface area contributed by atoms with Crippen LogP contribution in [0.1, 0.15) is 26.5 Å². The molecule has 0 aliphatic heterocycles. The van der Waals surface area contributed by atoms with Gasteiger partial charge >= 0.3 is 0 Å². The third-order valence-corrected chi connectivity index (χ3v) is 2.34. The van der Waals surface area contributed by atoms with E-state index in [2.05, 4.69) is 11.6 Å². The predicted octanol–water partition coefficient (Wildman–Crippen LogP) is 4.30. The second-order valence-electron chi connectivity index (χ2n) is 3.64. The van der Waals surface area contributed by atoms with Crippen LogP contribution in [-0.2, 0) is 0 Å². The third-order valence-electron chi connectivity index (χ3n) is 2.34. The van der Waals surface area contributed by atoms with E-state index in [4.69, 9.17) is 0 Å². The van der Waals surface area contributed by atoms with Gasteiger partial charge in [0.25, 0.3) is 0 Å². The highest BCUT2D eigenvalue weighted by atomic mass is 19.1. The number of allylic oxidation sites excluding steroid dienone is 5.